The quantitative estimate of drug-likeness (QED) is 0.0516. The van der Waals surface area contributed by atoms with Crippen molar-refractivity contribution in [1.82, 2.24) is 14.9 Å². The maximum Gasteiger partial charge on any atom is 0 e. The Balaban J connectivity index is 0. The zero-order valence-corrected chi connectivity index (χ0v) is 26.6. The maximum absolute atomic E-state index is 12.1. The molecule has 0 saturated carbocycles. The second-order valence-corrected chi connectivity index (χ2v) is 8.42. The monoisotopic (exact) mass is 784 g/mol. The zero-order chi connectivity index (χ0) is 31.3. The zero-order valence-electron chi connectivity index (χ0n) is 23.1. The van der Waals surface area contributed by atoms with Gasteiger partial charge in [-0.25, -0.2) is 0 Å². The average Bonchev–Trinajstić information content (AvgIpc) is 3.05. The summed E-state index contributed by atoms with van der Waals surface area (Å²) in [7, 11) is 0. The molecular formula is C28H31N5O8ReS. The van der Waals surface area contributed by atoms with Crippen molar-refractivity contribution in [3.63, 3.8) is 0 Å². The molecule has 0 saturated heterocycles. The molecule has 2 aromatic heterocycles. The van der Waals surface area contributed by atoms with Gasteiger partial charge in [-0.1, -0.05) is 12.1 Å². The van der Waals surface area contributed by atoms with Crippen LogP contribution in [0.1, 0.15) is 17.8 Å². The van der Waals surface area contributed by atoms with Crippen LogP contribution in [0.15, 0.2) is 78.0 Å². The number of nitrogens with two attached hydrogens (primary N) is 1. The standard InChI is InChI=1S/C25H31N5O5S.3CO.Re/c26-34-35-36-24-9-7-21(8-10-24)29-25(31)11-15-32-17-18-33-16-14-30(19-22-5-1-3-12-27-22)20-23-6-2-4-13-28-23;3*1-2;/h1-10,12-13H,11,14-20,26H2,(H,29,31);;;;. The second-order valence-electron chi connectivity index (χ2n) is 7.65. The summed E-state index contributed by atoms with van der Waals surface area (Å²) < 4.78 is 38.4. The molecule has 229 valence electrons. The Labute approximate surface area is 268 Å². The topological polar surface area (TPSA) is 181 Å². The fourth-order valence-electron chi connectivity index (χ4n) is 3.21. The van der Waals surface area contributed by atoms with Gasteiger partial charge in [-0.05, 0) is 48.5 Å². The molecule has 2 heterocycles. The molecule has 0 fully saturated rings. The molecule has 0 atom stereocenters. The molecule has 3 aromatic rings. The van der Waals surface area contributed by atoms with Gasteiger partial charge in [0.2, 0.25) is 5.91 Å². The van der Waals surface area contributed by atoms with E-state index < -0.39 is 0 Å². The van der Waals surface area contributed by atoms with Gasteiger partial charge in [-0.2, -0.15) is 5.90 Å². The van der Waals surface area contributed by atoms with Gasteiger partial charge in [0.15, 0.2) is 0 Å². The van der Waals surface area contributed by atoms with E-state index in [2.05, 4.69) is 49.5 Å². The van der Waals surface area contributed by atoms with Crippen LogP contribution in [0.4, 0.5) is 5.69 Å². The first kappa shape index (κ1) is 42.1. The van der Waals surface area contributed by atoms with Crippen LogP contribution in [0.3, 0.4) is 0 Å². The number of hydrogen-bond donors (Lipinski definition) is 2. The van der Waals surface area contributed by atoms with Gasteiger partial charge >= 0.3 is 33.9 Å². The molecule has 13 nitrogen and oxygen atoms in total. The number of aromatic nitrogens is 2. The summed E-state index contributed by atoms with van der Waals surface area (Å²) in [4.78, 5) is 28.0. The number of hydrogen-bond acceptors (Lipinski definition) is 10. The van der Waals surface area contributed by atoms with Gasteiger partial charge in [0.25, 0.3) is 0 Å². The summed E-state index contributed by atoms with van der Waals surface area (Å²) >= 11 is 0.975. The van der Waals surface area contributed by atoms with E-state index in [1.165, 1.54) is 0 Å². The molecular weight excluding hydrogens is 753 g/mol. The third-order valence-corrected chi connectivity index (χ3v) is 5.54. The van der Waals surface area contributed by atoms with Gasteiger partial charge in [-0.3, -0.25) is 19.7 Å². The van der Waals surface area contributed by atoms with Crippen molar-refractivity contribution in [2.24, 2.45) is 5.90 Å². The van der Waals surface area contributed by atoms with Crippen LogP contribution in [-0.2, 0) is 71.1 Å². The maximum atomic E-state index is 12.1. The van der Waals surface area contributed by atoms with Crippen LogP contribution in [-0.4, -0.2) is 53.7 Å². The molecule has 1 aromatic carbocycles. The van der Waals surface area contributed by atoms with E-state index in [1.54, 1.807) is 36.7 Å². The number of nitrogens with zero attached hydrogens (tertiary/aromatic N) is 3. The summed E-state index contributed by atoms with van der Waals surface area (Å²) in [6, 6.07) is 18.9. The first-order valence-electron chi connectivity index (χ1n) is 12.1. The normalized spacial score (nSPS) is 9.40. The summed E-state index contributed by atoms with van der Waals surface area (Å²) in [5.74, 6) is 4.67. The predicted molar refractivity (Wildman–Crippen MR) is 148 cm³/mol. The largest absolute Gasteiger partial charge is 0 e. The van der Waals surface area contributed by atoms with Crippen LogP contribution in [0.25, 0.3) is 0 Å². The van der Waals surface area contributed by atoms with Gasteiger partial charge in [0.05, 0.1) is 56.3 Å². The van der Waals surface area contributed by atoms with Crippen LogP contribution >= 0.6 is 12.0 Å². The number of ether oxygens (including phenoxy) is 2. The Morgan fingerprint density at radius 1 is 0.814 bits per heavy atom. The number of anilines is 1. The van der Waals surface area contributed by atoms with Crippen molar-refractivity contribution in [1.29, 1.82) is 0 Å². The molecule has 0 bridgehead atoms. The molecule has 0 aliphatic heterocycles. The average molecular weight is 784 g/mol. The van der Waals surface area contributed by atoms with E-state index in [-0.39, 0.29) is 32.8 Å². The molecule has 1 radical (unpaired) electrons. The first-order chi connectivity index (χ1) is 20.7. The molecule has 3 N–H and O–H groups in total. The molecule has 1 amide bonds. The van der Waals surface area contributed by atoms with Gasteiger partial charge in [0, 0.05) is 63.0 Å². The fraction of sp³-hybridized carbons (Fsp3) is 0.286. The van der Waals surface area contributed by atoms with E-state index >= 15 is 0 Å². The van der Waals surface area contributed by atoms with E-state index in [0.717, 1.165) is 34.9 Å². The van der Waals surface area contributed by atoms with Crippen LogP contribution < -0.4 is 11.2 Å². The van der Waals surface area contributed by atoms with Gasteiger partial charge < -0.3 is 14.8 Å². The third-order valence-electron chi connectivity index (χ3n) is 4.93. The third kappa shape index (κ3) is 21.3. The minimum atomic E-state index is -0.127. The van der Waals surface area contributed by atoms with Crippen molar-refractivity contribution in [3.05, 3.63) is 104 Å². The van der Waals surface area contributed by atoms with Crippen molar-refractivity contribution in [2.45, 2.75) is 24.4 Å². The minimum Gasteiger partial charge on any atom is 0 e. The fourth-order valence-corrected chi connectivity index (χ4v) is 3.58. The number of pyridine rings is 2. The predicted octanol–water partition coefficient (Wildman–Crippen LogP) is 3.25. The summed E-state index contributed by atoms with van der Waals surface area (Å²) in [6.07, 6.45) is 3.85. The number of rotatable bonds is 17. The Kier molecular flexibility index (Phi) is 29.8. The van der Waals surface area contributed by atoms with E-state index in [9.17, 15) is 4.79 Å². The second kappa shape index (κ2) is 30.4. The molecule has 3 rings (SSSR count). The number of carbonyl (C=O) groups is 1. The van der Waals surface area contributed by atoms with E-state index in [1.807, 2.05) is 36.4 Å². The number of benzene rings is 1. The number of nitrogens with one attached hydrogen (secondary N) is 1. The Bertz CT molecular complexity index is 1090. The molecule has 15 heteroatoms. The SMILES string of the molecule is NOOSc1ccc(NC(=O)CCOCCOCCN(Cc2ccccn2)Cc2ccccn2)cc1.[C-]#[O+].[C-]#[O+].[C-]#[O+].[Re]. The van der Waals surface area contributed by atoms with Crippen molar-refractivity contribution in [2.75, 3.05) is 38.3 Å². The summed E-state index contributed by atoms with van der Waals surface area (Å²) in [5, 5.41) is 2.82. The number of carbonyl (C=O) groups excluding carboxylic acids is 1. The minimum absolute atomic E-state index is 0. The van der Waals surface area contributed by atoms with Crippen LogP contribution in [0.5, 0.6) is 0 Å². The van der Waals surface area contributed by atoms with Gasteiger partial charge in [0.1, 0.15) is 0 Å². The smallest absolute Gasteiger partial charge is 0 e. The Hall–Kier alpha value is -3.02. The number of amides is 1. The first-order valence-corrected chi connectivity index (χ1v) is 12.9. The Morgan fingerprint density at radius 2 is 1.35 bits per heavy atom. The summed E-state index contributed by atoms with van der Waals surface area (Å²) in [6.45, 7) is 17.4. The van der Waals surface area contributed by atoms with Crippen LogP contribution in [0, 0.1) is 20.0 Å². The molecule has 0 unspecified atom stereocenters. The molecule has 43 heavy (non-hydrogen) atoms. The molecule has 0 aliphatic rings. The molecule has 0 spiro atoms. The summed E-state index contributed by atoms with van der Waals surface area (Å²) in [5.41, 5.74) is 2.68. The van der Waals surface area contributed by atoms with Crippen molar-refractivity contribution >= 4 is 23.6 Å². The van der Waals surface area contributed by atoms with E-state index in [4.69, 9.17) is 29.3 Å². The molecule has 0 aliphatic carbocycles. The van der Waals surface area contributed by atoms with Crippen LogP contribution in [0.2, 0.25) is 0 Å². The van der Waals surface area contributed by atoms with E-state index in [0.29, 0.717) is 45.2 Å². The Morgan fingerprint density at radius 3 is 1.84 bits per heavy atom. The van der Waals surface area contributed by atoms with Crippen molar-refractivity contribution < 1.29 is 58.0 Å². The van der Waals surface area contributed by atoms with Crippen molar-refractivity contribution in [3.8, 4) is 0 Å². The van der Waals surface area contributed by atoms with Gasteiger partial charge in [-0.15, -0.1) is 9.32 Å².